The SMILES string of the molecule is COc1nsc(C2=CCCN(C)C2)n1. The van der Waals surface area contributed by atoms with Gasteiger partial charge in [-0.05, 0) is 30.6 Å². The molecule has 1 aliphatic heterocycles. The minimum Gasteiger partial charge on any atom is -0.466 e. The van der Waals surface area contributed by atoms with E-state index in [-0.39, 0.29) is 0 Å². The Labute approximate surface area is 87.4 Å². The molecule has 0 aliphatic carbocycles. The Morgan fingerprint density at radius 3 is 3.07 bits per heavy atom. The van der Waals surface area contributed by atoms with Crippen molar-refractivity contribution in [2.45, 2.75) is 6.42 Å². The molecular weight excluding hydrogens is 198 g/mol. The number of nitrogens with zero attached hydrogens (tertiary/aromatic N) is 3. The second kappa shape index (κ2) is 4.06. The lowest BCUT2D eigenvalue weighted by Gasteiger charge is -2.21. The summed E-state index contributed by atoms with van der Waals surface area (Å²) in [6, 6.07) is 0.471. The van der Waals surface area contributed by atoms with Crippen molar-refractivity contribution in [3.05, 3.63) is 11.1 Å². The molecule has 0 spiro atoms. The van der Waals surface area contributed by atoms with Gasteiger partial charge in [-0.2, -0.15) is 4.98 Å². The van der Waals surface area contributed by atoms with Gasteiger partial charge in [0.15, 0.2) is 0 Å². The number of hydrogen-bond acceptors (Lipinski definition) is 5. The monoisotopic (exact) mass is 211 g/mol. The minimum atomic E-state index is 0.471. The van der Waals surface area contributed by atoms with Crippen molar-refractivity contribution in [2.24, 2.45) is 0 Å². The first-order valence-electron chi connectivity index (χ1n) is 4.55. The van der Waals surface area contributed by atoms with Crippen LogP contribution in [0.4, 0.5) is 0 Å². The first-order chi connectivity index (χ1) is 6.79. The van der Waals surface area contributed by atoms with Crippen molar-refractivity contribution < 1.29 is 4.74 Å². The number of hydrogen-bond donors (Lipinski definition) is 0. The van der Waals surface area contributed by atoms with Gasteiger partial charge < -0.3 is 9.64 Å². The Hall–Kier alpha value is -0.940. The third-order valence-corrected chi connectivity index (χ3v) is 2.98. The highest BCUT2D eigenvalue weighted by molar-refractivity contribution is 7.06. The van der Waals surface area contributed by atoms with Gasteiger partial charge in [0.2, 0.25) is 0 Å². The van der Waals surface area contributed by atoms with Gasteiger partial charge in [0, 0.05) is 13.1 Å². The molecule has 0 unspecified atom stereocenters. The van der Waals surface area contributed by atoms with E-state index in [0.29, 0.717) is 6.01 Å². The maximum atomic E-state index is 4.96. The predicted molar refractivity (Wildman–Crippen MR) is 56.6 cm³/mol. The van der Waals surface area contributed by atoms with Gasteiger partial charge in [-0.15, -0.1) is 4.37 Å². The molecule has 0 amide bonds. The van der Waals surface area contributed by atoms with Crippen LogP contribution in [0.15, 0.2) is 6.08 Å². The molecule has 1 aromatic rings. The van der Waals surface area contributed by atoms with Crippen LogP contribution in [0, 0.1) is 0 Å². The fourth-order valence-electron chi connectivity index (χ4n) is 1.47. The standard InChI is InChI=1S/C9H13N3OS/c1-12-5-3-4-7(6-12)8-10-9(13-2)11-14-8/h4H,3,5-6H2,1-2H3. The Morgan fingerprint density at radius 2 is 2.43 bits per heavy atom. The van der Waals surface area contributed by atoms with Crippen LogP contribution < -0.4 is 4.74 Å². The summed E-state index contributed by atoms with van der Waals surface area (Å²) < 4.78 is 9.04. The summed E-state index contributed by atoms with van der Waals surface area (Å²) in [6.07, 6.45) is 3.33. The summed E-state index contributed by atoms with van der Waals surface area (Å²) >= 11 is 1.40. The summed E-state index contributed by atoms with van der Waals surface area (Å²) in [6.45, 7) is 2.08. The molecule has 0 fully saturated rings. The van der Waals surface area contributed by atoms with Crippen LogP contribution in [0.25, 0.3) is 5.57 Å². The molecule has 0 N–H and O–H groups in total. The molecule has 1 aromatic heterocycles. The van der Waals surface area contributed by atoms with Crippen molar-refractivity contribution >= 4 is 17.1 Å². The lowest BCUT2D eigenvalue weighted by Crippen LogP contribution is -2.24. The molecule has 0 saturated carbocycles. The molecule has 0 aromatic carbocycles. The van der Waals surface area contributed by atoms with Gasteiger partial charge in [0.1, 0.15) is 5.01 Å². The Bertz CT molecular complexity index is 348. The van der Waals surface area contributed by atoms with Crippen LogP contribution in [-0.4, -0.2) is 41.5 Å². The van der Waals surface area contributed by atoms with Gasteiger partial charge in [0.25, 0.3) is 0 Å². The molecule has 1 aliphatic rings. The summed E-state index contributed by atoms with van der Waals surface area (Å²) in [4.78, 5) is 6.56. The van der Waals surface area contributed by atoms with Crippen LogP contribution in [-0.2, 0) is 0 Å². The lowest BCUT2D eigenvalue weighted by molar-refractivity contribution is 0.371. The second-order valence-corrected chi connectivity index (χ2v) is 4.09. The summed E-state index contributed by atoms with van der Waals surface area (Å²) in [5, 5.41) is 0.980. The van der Waals surface area contributed by atoms with E-state index in [1.807, 2.05) is 0 Å². The smallest absolute Gasteiger partial charge is 0.328 e. The third kappa shape index (κ3) is 1.93. The largest absolute Gasteiger partial charge is 0.466 e. The van der Waals surface area contributed by atoms with Gasteiger partial charge in [-0.3, -0.25) is 0 Å². The van der Waals surface area contributed by atoms with E-state index >= 15 is 0 Å². The van der Waals surface area contributed by atoms with E-state index < -0.39 is 0 Å². The van der Waals surface area contributed by atoms with Crippen molar-refractivity contribution in [3.63, 3.8) is 0 Å². The summed E-state index contributed by atoms with van der Waals surface area (Å²) in [7, 11) is 3.71. The highest BCUT2D eigenvalue weighted by atomic mass is 32.1. The number of rotatable bonds is 2. The third-order valence-electron chi connectivity index (χ3n) is 2.21. The zero-order valence-corrected chi connectivity index (χ0v) is 9.17. The highest BCUT2D eigenvalue weighted by Crippen LogP contribution is 2.23. The van der Waals surface area contributed by atoms with Crippen LogP contribution in [0.2, 0.25) is 0 Å². The van der Waals surface area contributed by atoms with Gasteiger partial charge >= 0.3 is 6.01 Å². The minimum absolute atomic E-state index is 0.471. The van der Waals surface area contributed by atoms with Crippen molar-refractivity contribution in [3.8, 4) is 6.01 Å². The molecule has 76 valence electrons. The van der Waals surface area contributed by atoms with Crippen LogP contribution >= 0.6 is 11.5 Å². The molecular formula is C9H13N3OS. The molecule has 0 bridgehead atoms. The topological polar surface area (TPSA) is 38.2 Å². The average Bonchev–Trinajstić information content (AvgIpc) is 2.66. The van der Waals surface area contributed by atoms with Crippen molar-refractivity contribution in [2.75, 3.05) is 27.2 Å². The fraction of sp³-hybridized carbons (Fsp3) is 0.556. The number of likely N-dealkylation sites (N-methyl/N-ethyl adjacent to an activating group) is 1. The quantitative estimate of drug-likeness (QED) is 0.738. The molecule has 2 heterocycles. The van der Waals surface area contributed by atoms with E-state index in [2.05, 4.69) is 27.4 Å². The van der Waals surface area contributed by atoms with E-state index in [1.165, 1.54) is 17.1 Å². The first kappa shape index (κ1) is 9.61. The summed E-state index contributed by atoms with van der Waals surface area (Å²) in [5.41, 5.74) is 1.26. The highest BCUT2D eigenvalue weighted by Gasteiger charge is 2.14. The molecule has 4 nitrogen and oxygen atoms in total. The van der Waals surface area contributed by atoms with E-state index in [1.54, 1.807) is 7.11 Å². The number of aromatic nitrogens is 2. The van der Waals surface area contributed by atoms with Crippen molar-refractivity contribution in [1.29, 1.82) is 0 Å². The molecule has 0 atom stereocenters. The lowest BCUT2D eigenvalue weighted by atomic mass is 10.1. The molecule has 2 rings (SSSR count). The maximum absolute atomic E-state index is 4.96. The van der Waals surface area contributed by atoms with Crippen LogP contribution in [0.1, 0.15) is 11.4 Å². The normalized spacial score (nSPS) is 18.0. The van der Waals surface area contributed by atoms with Gasteiger partial charge in [-0.1, -0.05) is 6.08 Å². The van der Waals surface area contributed by atoms with E-state index in [0.717, 1.165) is 24.5 Å². The number of methoxy groups -OCH3 is 1. The molecule has 0 saturated heterocycles. The Balaban J connectivity index is 2.18. The van der Waals surface area contributed by atoms with E-state index in [4.69, 9.17) is 4.74 Å². The Kier molecular flexibility index (Phi) is 2.79. The Morgan fingerprint density at radius 1 is 1.57 bits per heavy atom. The predicted octanol–water partition coefficient (Wildman–Crippen LogP) is 1.27. The fourth-order valence-corrected chi connectivity index (χ4v) is 2.14. The van der Waals surface area contributed by atoms with Gasteiger partial charge in [0.05, 0.1) is 7.11 Å². The number of ether oxygens (including phenoxy) is 1. The zero-order valence-electron chi connectivity index (χ0n) is 8.36. The van der Waals surface area contributed by atoms with Crippen LogP contribution in [0.3, 0.4) is 0 Å². The molecule has 5 heteroatoms. The molecule has 0 radical (unpaired) electrons. The average molecular weight is 211 g/mol. The molecule has 14 heavy (non-hydrogen) atoms. The summed E-state index contributed by atoms with van der Waals surface area (Å²) in [5.74, 6) is 0. The van der Waals surface area contributed by atoms with Gasteiger partial charge in [-0.25, -0.2) is 0 Å². The van der Waals surface area contributed by atoms with E-state index in [9.17, 15) is 0 Å². The van der Waals surface area contributed by atoms with Crippen molar-refractivity contribution in [1.82, 2.24) is 14.3 Å². The second-order valence-electron chi connectivity index (χ2n) is 3.34. The van der Waals surface area contributed by atoms with Crippen LogP contribution in [0.5, 0.6) is 6.01 Å². The zero-order chi connectivity index (χ0) is 9.97. The maximum Gasteiger partial charge on any atom is 0.328 e. The first-order valence-corrected chi connectivity index (χ1v) is 5.32.